The summed E-state index contributed by atoms with van der Waals surface area (Å²) in [6, 6.07) is 5.42. The monoisotopic (exact) mass is 398 g/mol. The molecule has 152 valence electrons. The highest BCUT2D eigenvalue weighted by Crippen LogP contribution is 2.31. The van der Waals surface area contributed by atoms with E-state index in [0.29, 0.717) is 37.3 Å². The zero-order chi connectivity index (χ0) is 20.0. The second-order valence-corrected chi connectivity index (χ2v) is 8.94. The Balaban J connectivity index is 2.10. The molecule has 0 aliphatic carbocycles. The lowest BCUT2D eigenvalue weighted by Gasteiger charge is -2.32. The SMILES string of the molecule is CC[C@@H](NC(=O)[C@H]1CCCN(S(=O)(=O)CC)C1)c1ccc(OC)c(OC)c1. The zero-order valence-electron chi connectivity index (χ0n) is 16.5. The minimum atomic E-state index is -3.27. The van der Waals surface area contributed by atoms with Crippen molar-refractivity contribution in [3.63, 3.8) is 0 Å². The molecule has 1 aromatic carbocycles. The summed E-state index contributed by atoms with van der Waals surface area (Å²) in [7, 11) is -0.113. The van der Waals surface area contributed by atoms with Crippen molar-refractivity contribution in [1.29, 1.82) is 0 Å². The van der Waals surface area contributed by atoms with Crippen molar-refractivity contribution in [2.24, 2.45) is 5.92 Å². The molecule has 0 spiro atoms. The van der Waals surface area contributed by atoms with Crippen LogP contribution >= 0.6 is 0 Å². The number of carbonyl (C=O) groups excluding carboxylic acids is 1. The van der Waals surface area contributed by atoms with Crippen molar-refractivity contribution in [1.82, 2.24) is 9.62 Å². The predicted molar refractivity (Wildman–Crippen MR) is 104 cm³/mol. The number of nitrogens with one attached hydrogen (secondary N) is 1. The molecule has 1 saturated heterocycles. The van der Waals surface area contributed by atoms with E-state index < -0.39 is 10.0 Å². The summed E-state index contributed by atoms with van der Waals surface area (Å²) in [6.07, 6.45) is 2.11. The van der Waals surface area contributed by atoms with E-state index in [9.17, 15) is 13.2 Å². The molecule has 1 fully saturated rings. The van der Waals surface area contributed by atoms with Gasteiger partial charge in [-0.3, -0.25) is 4.79 Å². The molecule has 1 heterocycles. The lowest BCUT2D eigenvalue weighted by atomic mass is 9.97. The molecule has 0 bridgehead atoms. The molecule has 7 nitrogen and oxygen atoms in total. The van der Waals surface area contributed by atoms with Gasteiger partial charge in [0.15, 0.2) is 11.5 Å². The highest BCUT2D eigenvalue weighted by molar-refractivity contribution is 7.89. The van der Waals surface area contributed by atoms with E-state index in [1.54, 1.807) is 21.1 Å². The van der Waals surface area contributed by atoms with Crippen LogP contribution in [-0.4, -0.2) is 51.7 Å². The van der Waals surface area contributed by atoms with E-state index in [1.165, 1.54) is 4.31 Å². The van der Waals surface area contributed by atoms with E-state index in [4.69, 9.17) is 9.47 Å². The van der Waals surface area contributed by atoms with Crippen LogP contribution < -0.4 is 14.8 Å². The van der Waals surface area contributed by atoms with Crippen molar-refractivity contribution in [2.45, 2.75) is 39.2 Å². The van der Waals surface area contributed by atoms with Crippen LogP contribution in [0.15, 0.2) is 18.2 Å². The Morgan fingerprint density at radius 1 is 1.26 bits per heavy atom. The topological polar surface area (TPSA) is 84.9 Å². The van der Waals surface area contributed by atoms with E-state index >= 15 is 0 Å². The molecule has 2 rings (SSSR count). The summed E-state index contributed by atoms with van der Waals surface area (Å²) < 4.78 is 36.3. The Kier molecular flexibility index (Phi) is 7.49. The molecule has 0 aromatic heterocycles. The predicted octanol–water partition coefficient (Wildman–Crippen LogP) is 2.33. The van der Waals surface area contributed by atoms with Gasteiger partial charge in [0, 0.05) is 13.1 Å². The number of hydrogen-bond donors (Lipinski definition) is 1. The number of sulfonamides is 1. The Morgan fingerprint density at radius 3 is 2.56 bits per heavy atom. The first-order valence-electron chi connectivity index (χ1n) is 9.36. The number of hydrogen-bond acceptors (Lipinski definition) is 5. The van der Waals surface area contributed by atoms with Crippen LogP contribution in [0.3, 0.4) is 0 Å². The van der Waals surface area contributed by atoms with Gasteiger partial charge in [-0.1, -0.05) is 13.0 Å². The molecule has 1 aliphatic heterocycles. The number of piperidine rings is 1. The normalized spacial score (nSPS) is 19.3. The number of nitrogens with zero attached hydrogens (tertiary/aromatic N) is 1. The quantitative estimate of drug-likeness (QED) is 0.726. The molecule has 0 radical (unpaired) electrons. The van der Waals surface area contributed by atoms with E-state index in [-0.39, 0.29) is 30.2 Å². The van der Waals surface area contributed by atoms with Crippen LogP contribution in [-0.2, 0) is 14.8 Å². The number of benzene rings is 1. The molecule has 0 saturated carbocycles. The molecule has 1 aromatic rings. The van der Waals surface area contributed by atoms with Crippen molar-refractivity contribution >= 4 is 15.9 Å². The second-order valence-electron chi connectivity index (χ2n) is 6.68. The van der Waals surface area contributed by atoms with Gasteiger partial charge in [0.1, 0.15) is 0 Å². The summed E-state index contributed by atoms with van der Waals surface area (Å²) in [4.78, 5) is 12.8. The highest BCUT2D eigenvalue weighted by atomic mass is 32.2. The number of carbonyl (C=O) groups is 1. The maximum Gasteiger partial charge on any atom is 0.224 e. The van der Waals surface area contributed by atoms with Crippen molar-refractivity contribution < 1.29 is 22.7 Å². The maximum atomic E-state index is 12.8. The Labute approximate surface area is 162 Å². The number of ether oxygens (including phenoxy) is 2. The van der Waals surface area contributed by atoms with Gasteiger partial charge in [0.05, 0.1) is 31.9 Å². The van der Waals surface area contributed by atoms with Gasteiger partial charge in [-0.25, -0.2) is 12.7 Å². The fourth-order valence-electron chi connectivity index (χ4n) is 3.37. The van der Waals surface area contributed by atoms with Crippen LogP contribution in [0.25, 0.3) is 0 Å². The third kappa shape index (κ3) is 5.13. The van der Waals surface area contributed by atoms with Gasteiger partial charge in [-0.05, 0) is 43.9 Å². The third-order valence-corrected chi connectivity index (χ3v) is 6.90. The van der Waals surface area contributed by atoms with Crippen LogP contribution in [0.4, 0.5) is 0 Å². The van der Waals surface area contributed by atoms with Crippen LogP contribution in [0.2, 0.25) is 0 Å². The molecule has 2 atom stereocenters. The Hall–Kier alpha value is -1.80. The highest BCUT2D eigenvalue weighted by Gasteiger charge is 2.32. The van der Waals surface area contributed by atoms with E-state index in [2.05, 4.69) is 5.32 Å². The van der Waals surface area contributed by atoms with Crippen LogP contribution in [0.5, 0.6) is 11.5 Å². The summed E-state index contributed by atoms with van der Waals surface area (Å²) in [5, 5.41) is 3.07. The standard InChI is InChI=1S/C19H30N2O5S/c1-5-16(14-9-10-17(25-3)18(12-14)26-4)20-19(22)15-8-7-11-21(13-15)27(23,24)6-2/h9-10,12,15-16H,5-8,11,13H2,1-4H3,(H,20,22)/t15-,16+/m0/s1. The summed E-state index contributed by atoms with van der Waals surface area (Å²) >= 11 is 0. The van der Waals surface area contributed by atoms with E-state index in [1.807, 2.05) is 25.1 Å². The molecule has 1 aliphatic rings. The lowest BCUT2D eigenvalue weighted by Crippen LogP contribution is -2.46. The first kappa shape index (κ1) is 21.5. The number of methoxy groups -OCH3 is 2. The van der Waals surface area contributed by atoms with Gasteiger partial charge < -0.3 is 14.8 Å². The van der Waals surface area contributed by atoms with Crippen molar-refractivity contribution in [3.8, 4) is 11.5 Å². The van der Waals surface area contributed by atoms with Gasteiger partial charge in [-0.15, -0.1) is 0 Å². The summed E-state index contributed by atoms with van der Waals surface area (Å²) in [5.74, 6) is 0.877. The van der Waals surface area contributed by atoms with E-state index in [0.717, 1.165) is 5.56 Å². The number of amides is 1. The molecular formula is C19H30N2O5S. The van der Waals surface area contributed by atoms with Gasteiger partial charge in [0.2, 0.25) is 15.9 Å². The molecular weight excluding hydrogens is 368 g/mol. The first-order valence-corrected chi connectivity index (χ1v) is 11.0. The first-order chi connectivity index (χ1) is 12.9. The minimum Gasteiger partial charge on any atom is -0.493 e. The Morgan fingerprint density at radius 2 is 1.96 bits per heavy atom. The fraction of sp³-hybridized carbons (Fsp3) is 0.632. The average Bonchev–Trinajstić information content (AvgIpc) is 2.71. The zero-order valence-corrected chi connectivity index (χ0v) is 17.3. The lowest BCUT2D eigenvalue weighted by molar-refractivity contribution is -0.126. The van der Waals surface area contributed by atoms with Crippen molar-refractivity contribution in [2.75, 3.05) is 33.1 Å². The van der Waals surface area contributed by atoms with Crippen LogP contribution in [0.1, 0.15) is 44.7 Å². The second kappa shape index (κ2) is 9.41. The summed E-state index contributed by atoms with van der Waals surface area (Å²) in [5.41, 5.74) is 0.928. The molecule has 8 heteroatoms. The number of rotatable bonds is 8. The molecule has 1 amide bonds. The third-order valence-electron chi connectivity index (χ3n) is 5.05. The molecule has 1 N–H and O–H groups in total. The molecule has 27 heavy (non-hydrogen) atoms. The minimum absolute atomic E-state index is 0.0601. The van der Waals surface area contributed by atoms with Gasteiger partial charge >= 0.3 is 0 Å². The average molecular weight is 399 g/mol. The van der Waals surface area contributed by atoms with Gasteiger partial charge in [0.25, 0.3) is 0 Å². The largest absolute Gasteiger partial charge is 0.493 e. The smallest absolute Gasteiger partial charge is 0.224 e. The fourth-order valence-corrected chi connectivity index (χ4v) is 4.55. The van der Waals surface area contributed by atoms with Gasteiger partial charge in [-0.2, -0.15) is 0 Å². The maximum absolute atomic E-state index is 12.8. The summed E-state index contributed by atoms with van der Waals surface area (Å²) in [6.45, 7) is 4.37. The Bertz CT molecular complexity index is 750. The molecule has 0 unspecified atom stereocenters. The van der Waals surface area contributed by atoms with Crippen LogP contribution in [0, 0.1) is 5.92 Å². The van der Waals surface area contributed by atoms with Crippen molar-refractivity contribution in [3.05, 3.63) is 23.8 Å².